The monoisotopic (exact) mass is 268 g/mol. The minimum Gasteiger partial charge on any atom is -0.377 e. The van der Waals surface area contributed by atoms with E-state index >= 15 is 0 Å². The van der Waals surface area contributed by atoms with Gasteiger partial charge in [0.25, 0.3) is 0 Å². The minimum atomic E-state index is -0.144. The largest absolute Gasteiger partial charge is 0.377 e. The van der Waals surface area contributed by atoms with Crippen molar-refractivity contribution in [1.82, 2.24) is 10.6 Å². The Kier molecular flexibility index (Phi) is 4.21. The second-order valence-corrected chi connectivity index (χ2v) is 6.95. The van der Waals surface area contributed by atoms with Crippen LogP contribution in [0.3, 0.4) is 0 Å². The van der Waals surface area contributed by atoms with Crippen molar-refractivity contribution in [2.45, 2.75) is 71.7 Å². The van der Waals surface area contributed by atoms with Crippen LogP contribution in [0.5, 0.6) is 0 Å². The molecule has 1 aliphatic carbocycles. The van der Waals surface area contributed by atoms with Crippen LogP contribution in [0.1, 0.15) is 47.5 Å². The molecule has 4 nitrogen and oxygen atoms in total. The van der Waals surface area contributed by atoms with Gasteiger partial charge in [-0.2, -0.15) is 0 Å². The topological polar surface area (TPSA) is 50.4 Å². The average molecular weight is 268 g/mol. The molecule has 0 aromatic heterocycles. The summed E-state index contributed by atoms with van der Waals surface area (Å²) in [4.78, 5) is 12.0. The SMILES string of the molecule is CC(C)NC(=O)C(C)NC1C2CCCOC2C1(C)C. The van der Waals surface area contributed by atoms with Crippen LogP contribution >= 0.6 is 0 Å². The lowest BCUT2D eigenvalue weighted by Gasteiger charge is -2.60. The summed E-state index contributed by atoms with van der Waals surface area (Å²) < 4.78 is 5.89. The molecule has 4 heteroatoms. The molecule has 0 bridgehead atoms. The normalized spacial score (nSPS) is 34.3. The Labute approximate surface area is 116 Å². The summed E-state index contributed by atoms with van der Waals surface area (Å²) in [6.45, 7) is 11.3. The highest BCUT2D eigenvalue weighted by molar-refractivity contribution is 5.81. The van der Waals surface area contributed by atoms with E-state index in [2.05, 4.69) is 24.5 Å². The third-order valence-corrected chi connectivity index (χ3v) is 4.58. The van der Waals surface area contributed by atoms with Crippen LogP contribution in [0, 0.1) is 11.3 Å². The van der Waals surface area contributed by atoms with Gasteiger partial charge in [-0.05, 0) is 33.6 Å². The zero-order valence-electron chi connectivity index (χ0n) is 12.8. The number of hydrogen-bond acceptors (Lipinski definition) is 3. The first-order chi connectivity index (χ1) is 8.84. The van der Waals surface area contributed by atoms with Gasteiger partial charge in [0.15, 0.2) is 0 Å². The maximum atomic E-state index is 12.0. The Hall–Kier alpha value is -0.610. The minimum absolute atomic E-state index is 0.0889. The molecule has 1 amide bonds. The second-order valence-electron chi connectivity index (χ2n) is 6.95. The third kappa shape index (κ3) is 2.79. The van der Waals surface area contributed by atoms with Crippen molar-refractivity contribution < 1.29 is 9.53 Å². The summed E-state index contributed by atoms with van der Waals surface area (Å²) >= 11 is 0. The van der Waals surface area contributed by atoms with E-state index < -0.39 is 0 Å². The van der Waals surface area contributed by atoms with Gasteiger partial charge in [0, 0.05) is 30.0 Å². The van der Waals surface area contributed by atoms with Gasteiger partial charge in [-0.1, -0.05) is 13.8 Å². The molecule has 0 spiro atoms. The van der Waals surface area contributed by atoms with E-state index in [1.54, 1.807) is 0 Å². The predicted molar refractivity (Wildman–Crippen MR) is 75.9 cm³/mol. The average Bonchev–Trinajstić information content (AvgIpc) is 2.34. The van der Waals surface area contributed by atoms with Crippen LogP contribution in [0.15, 0.2) is 0 Å². The van der Waals surface area contributed by atoms with Crippen LogP contribution in [0.2, 0.25) is 0 Å². The molecule has 2 N–H and O–H groups in total. The van der Waals surface area contributed by atoms with Gasteiger partial charge in [0.2, 0.25) is 5.91 Å². The smallest absolute Gasteiger partial charge is 0.237 e. The highest BCUT2D eigenvalue weighted by Gasteiger charge is 2.58. The molecule has 0 radical (unpaired) electrons. The first-order valence-electron chi connectivity index (χ1n) is 7.52. The zero-order valence-corrected chi connectivity index (χ0v) is 12.8. The fraction of sp³-hybridized carbons (Fsp3) is 0.933. The first-order valence-corrected chi connectivity index (χ1v) is 7.52. The number of fused-ring (bicyclic) bond motifs is 1. The molecule has 0 aromatic rings. The van der Waals surface area contributed by atoms with Gasteiger partial charge < -0.3 is 15.4 Å². The number of ether oxygens (including phenoxy) is 1. The summed E-state index contributed by atoms with van der Waals surface area (Å²) in [5.74, 6) is 0.657. The Morgan fingerprint density at radius 2 is 2.00 bits per heavy atom. The van der Waals surface area contributed by atoms with E-state index in [4.69, 9.17) is 4.74 Å². The maximum absolute atomic E-state index is 12.0. The molecule has 2 aliphatic rings. The Morgan fingerprint density at radius 1 is 1.32 bits per heavy atom. The Bertz CT molecular complexity index is 341. The van der Waals surface area contributed by atoms with E-state index in [0.717, 1.165) is 13.0 Å². The fourth-order valence-corrected chi connectivity index (χ4v) is 3.62. The highest BCUT2D eigenvalue weighted by Crippen LogP contribution is 2.51. The lowest BCUT2D eigenvalue weighted by atomic mass is 9.55. The fourth-order valence-electron chi connectivity index (χ4n) is 3.62. The van der Waals surface area contributed by atoms with Gasteiger partial charge >= 0.3 is 0 Å². The lowest BCUT2D eigenvalue weighted by Crippen LogP contribution is -2.71. The molecule has 19 heavy (non-hydrogen) atoms. The van der Waals surface area contributed by atoms with Crippen LogP contribution < -0.4 is 10.6 Å². The van der Waals surface area contributed by atoms with Gasteiger partial charge in [0.05, 0.1) is 12.1 Å². The molecular weight excluding hydrogens is 240 g/mol. The molecule has 4 unspecified atom stereocenters. The van der Waals surface area contributed by atoms with Crippen molar-refractivity contribution in [1.29, 1.82) is 0 Å². The zero-order chi connectivity index (χ0) is 14.2. The van der Waals surface area contributed by atoms with Crippen molar-refractivity contribution in [3.63, 3.8) is 0 Å². The van der Waals surface area contributed by atoms with Gasteiger partial charge in [-0.3, -0.25) is 4.79 Å². The van der Waals surface area contributed by atoms with Crippen molar-refractivity contribution in [3.8, 4) is 0 Å². The molecule has 4 atom stereocenters. The van der Waals surface area contributed by atoms with Crippen LogP contribution in [-0.4, -0.2) is 36.7 Å². The molecule has 1 saturated carbocycles. The van der Waals surface area contributed by atoms with Crippen LogP contribution in [0.4, 0.5) is 0 Å². The number of carbonyl (C=O) groups is 1. The van der Waals surface area contributed by atoms with Gasteiger partial charge in [0.1, 0.15) is 0 Å². The third-order valence-electron chi connectivity index (χ3n) is 4.58. The maximum Gasteiger partial charge on any atom is 0.237 e. The Balaban J connectivity index is 1.93. The number of carbonyl (C=O) groups excluding carboxylic acids is 1. The number of rotatable bonds is 4. The summed E-state index contributed by atoms with van der Waals surface area (Å²) in [5, 5.41) is 6.48. The van der Waals surface area contributed by atoms with Crippen molar-refractivity contribution in [2.75, 3.05) is 6.61 Å². The van der Waals surface area contributed by atoms with E-state index in [1.807, 2.05) is 20.8 Å². The molecule has 2 rings (SSSR count). The molecule has 0 aromatic carbocycles. The highest BCUT2D eigenvalue weighted by atomic mass is 16.5. The second kappa shape index (κ2) is 5.41. The number of hydrogen-bond donors (Lipinski definition) is 2. The van der Waals surface area contributed by atoms with Gasteiger partial charge in [-0.25, -0.2) is 0 Å². The van der Waals surface area contributed by atoms with E-state index in [1.165, 1.54) is 6.42 Å². The molecule has 1 saturated heterocycles. The molecule has 2 fully saturated rings. The molecule has 1 aliphatic heterocycles. The van der Waals surface area contributed by atoms with Crippen LogP contribution in [0.25, 0.3) is 0 Å². The van der Waals surface area contributed by atoms with E-state index in [0.29, 0.717) is 18.1 Å². The van der Waals surface area contributed by atoms with Crippen LogP contribution in [-0.2, 0) is 9.53 Å². The summed E-state index contributed by atoms with van der Waals surface area (Å²) in [6, 6.07) is 0.428. The quantitative estimate of drug-likeness (QED) is 0.816. The van der Waals surface area contributed by atoms with Crippen molar-refractivity contribution in [2.24, 2.45) is 11.3 Å². The molecular formula is C15H28N2O2. The summed E-state index contributed by atoms with van der Waals surface area (Å²) in [6.07, 6.45) is 2.71. The number of nitrogens with one attached hydrogen (secondary N) is 2. The Morgan fingerprint density at radius 3 is 2.63 bits per heavy atom. The molecule has 1 heterocycles. The van der Waals surface area contributed by atoms with Crippen molar-refractivity contribution >= 4 is 5.91 Å². The summed E-state index contributed by atoms with van der Waals surface area (Å²) in [5.41, 5.74) is 0.122. The first kappa shape index (κ1) is 14.8. The van der Waals surface area contributed by atoms with Crippen molar-refractivity contribution in [3.05, 3.63) is 0 Å². The van der Waals surface area contributed by atoms with E-state index in [9.17, 15) is 4.79 Å². The van der Waals surface area contributed by atoms with Gasteiger partial charge in [-0.15, -0.1) is 0 Å². The lowest BCUT2D eigenvalue weighted by molar-refractivity contribution is -0.194. The predicted octanol–water partition coefficient (Wildman–Crippen LogP) is 1.69. The summed E-state index contributed by atoms with van der Waals surface area (Å²) in [7, 11) is 0. The molecule has 110 valence electrons. The van der Waals surface area contributed by atoms with E-state index in [-0.39, 0.29) is 23.4 Å². The number of amides is 1. The standard InChI is InChI=1S/C15H28N2O2/c1-9(2)16-14(18)10(3)17-12-11-7-6-8-19-13(11)15(12,4)5/h9-13,17H,6-8H2,1-5H3,(H,16,18).